The lowest BCUT2D eigenvalue weighted by Crippen LogP contribution is -2.54. The number of carbonyl (C=O) groups is 1. The molecule has 0 saturated carbocycles. The average molecular weight is 434 g/mol. The van der Waals surface area contributed by atoms with E-state index < -0.39 is 17.2 Å². The zero-order valence-electron chi connectivity index (χ0n) is 19.9. The fourth-order valence-electron chi connectivity index (χ4n) is 3.19. The number of benzene rings is 1. The van der Waals surface area contributed by atoms with Gasteiger partial charge in [-0.05, 0) is 45.7 Å². The van der Waals surface area contributed by atoms with Gasteiger partial charge in [0.25, 0.3) is 0 Å². The maximum absolute atomic E-state index is 12.1. The molecule has 0 aromatic heterocycles. The van der Waals surface area contributed by atoms with Crippen LogP contribution in [0.1, 0.15) is 45.7 Å². The summed E-state index contributed by atoms with van der Waals surface area (Å²) in [5.41, 5.74) is 1.46. The Hall–Kier alpha value is -2.32. The second-order valence-electron chi connectivity index (χ2n) is 9.50. The quantitative estimate of drug-likeness (QED) is 0.452. The Bertz CT molecular complexity index is 737. The molecule has 2 rings (SSSR count). The summed E-state index contributed by atoms with van der Waals surface area (Å²) in [6, 6.07) is 8.59. The summed E-state index contributed by atoms with van der Waals surface area (Å²) >= 11 is 0. The molecule has 0 unspecified atom stereocenters. The standard InChI is InChI=1S/C23H39N5O3/c1-22(2,3)31-21(29)27-23(4,5)17-26-20(24-6)25-15-18-8-7-9-19(14-18)16-28-10-12-30-13-11-28/h7-9,14H,10-13,15-17H2,1-6H3,(H,27,29)(H2,24,25,26). The molecule has 0 spiro atoms. The van der Waals surface area contributed by atoms with Gasteiger partial charge in [0.1, 0.15) is 5.60 Å². The number of guanidine groups is 1. The number of amides is 1. The molecule has 1 aliphatic rings. The molecule has 1 saturated heterocycles. The summed E-state index contributed by atoms with van der Waals surface area (Å²) in [7, 11) is 1.73. The van der Waals surface area contributed by atoms with Crippen LogP contribution in [-0.2, 0) is 22.6 Å². The Labute approximate surface area is 186 Å². The van der Waals surface area contributed by atoms with Crippen molar-refractivity contribution in [1.82, 2.24) is 20.9 Å². The summed E-state index contributed by atoms with van der Waals surface area (Å²) in [5.74, 6) is 0.678. The molecule has 1 amide bonds. The molecule has 1 aromatic rings. The van der Waals surface area contributed by atoms with Crippen molar-refractivity contribution >= 4 is 12.1 Å². The van der Waals surface area contributed by atoms with E-state index in [0.29, 0.717) is 19.0 Å². The van der Waals surface area contributed by atoms with Crippen molar-refractivity contribution < 1.29 is 14.3 Å². The monoisotopic (exact) mass is 433 g/mol. The predicted octanol–water partition coefficient (Wildman–Crippen LogP) is 2.49. The van der Waals surface area contributed by atoms with E-state index in [9.17, 15) is 4.79 Å². The minimum atomic E-state index is -0.526. The maximum atomic E-state index is 12.1. The minimum absolute atomic E-state index is 0.431. The van der Waals surface area contributed by atoms with Crippen LogP contribution >= 0.6 is 0 Å². The highest BCUT2D eigenvalue weighted by Gasteiger charge is 2.24. The van der Waals surface area contributed by atoms with Crippen molar-refractivity contribution in [1.29, 1.82) is 0 Å². The van der Waals surface area contributed by atoms with Crippen molar-refractivity contribution in [2.75, 3.05) is 39.9 Å². The van der Waals surface area contributed by atoms with Crippen LogP contribution < -0.4 is 16.0 Å². The molecule has 0 bridgehead atoms. The summed E-state index contributed by atoms with van der Waals surface area (Å²) in [6.07, 6.45) is -0.431. The van der Waals surface area contributed by atoms with Gasteiger partial charge in [-0.3, -0.25) is 9.89 Å². The molecule has 31 heavy (non-hydrogen) atoms. The van der Waals surface area contributed by atoms with Crippen molar-refractivity contribution in [3.05, 3.63) is 35.4 Å². The average Bonchev–Trinajstić information content (AvgIpc) is 2.67. The van der Waals surface area contributed by atoms with E-state index in [2.05, 4.69) is 50.1 Å². The van der Waals surface area contributed by atoms with Crippen LogP contribution in [0.15, 0.2) is 29.3 Å². The van der Waals surface area contributed by atoms with E-state index in [-0.39, 0.29) is 0 Å². The Morgan fingerprint density at radius 2 is 1.81 bits per heavy atom. The molecule has 174 valence electrons. The minimum Gasteiger partial charge on any atom is -0.444 e. The number of nitrogens with one attached hydrogen (secondary N) is 3. The van der Waals surface area contributed by atoms with E-state index in [1.807, 2.05) is 34.6 Å². The zero-order valence-corrected chi connectivity index (χ0v) is 19.9. The molecular formula is C23H39N5O3. The normalized spacial score (nSPS) is 16.0. The number of hydrogen-bond donors (Lipinski definition) is 3. The second kappa shape index (κ2) is 11.3. The van der Waals surface area contributed by atoms with Crippen LogP contribution in [0.2, 0.25) is 0 Å². The summed E-state index contributed by atoms with van der Waals surface area (Å²) in [5, 5.41) is 9.51. The van der Waals surface area contributed by atoms with Crippen LogP contribution in [0.3, 0.4) is 0 Å². The highest BCUT2D eigenvalue weighted by molar-refractivity contribution is 5.79. The lowest BCUT2D eigenvalue weighted by Gasteiger charge is -2.29. The number of alkyl carbamates (subject to hydrolysis) is 1. The summed E-state index contributed by atoms with van der Waals surface area (Å²) in [4.78, 5) is 18.8. The Morgan fingerprint density at radius 1 is 1.13 bits per heavy atom. The van der Waals surface area contributed by atoms with E-state index in [0.717, 1.165) is 32.8 Å². The van der Waals surface area contributed by atoms with Crippen LogP contribution in [0.25, 0.3) is 0 Å². The molecule has 0 atom stereocenters. The Kier molecular flexibility index (Phi) is 9.13. The molecule has 8 heteroatoms. The van der Waals surface area contributed by atoms with Crippen LogP contribution in [0, 0.1) is 0 Å². The molecule has 1 aromatic carbocycles. The SMILES string of the molecule is CN=C(NCc1cccc(CN2CCOCC2)c1)NCC(C)(C)NC(=O)OC(C)(C)C. The molecule has 1 heterocycles. The van der Waals surface area contributed by atoms with Gasteiger partial charge >= 0.3 is 6.09 Å². The second-order valence-corrected chi connectivity index (χ2v) is 9.50. The first-order valence-corrected chi connectivity index (χ1v) is 10.9. The van der Waals surface area contributed by atoms with Crippen molar-refractivity contribution in [2.24, 2.45) is 4.99 Å². The van der Waals surface area contributed by atoms with Gasteiger partial charge in [0.05, 0.1) is 18.8 Å². The van der Waals surface area contributed by atoms with Crippen molar-refractivity contribution in [3.63, 3.8) is 0 Å². The van der Waals surface area contributed by atoms with Gasteiger partial charge < -0.3 is 25.4 Å². The van der Waals surface area contributed by atoms with Gasteiger partial charge in [0, 0.05) is 39.8 Å². The van der Waals surface area contributed by atoms with E-state index in [4.69, 9.17) is 9.47 Å². The number of morpholine rings is 1. The number of nitrogens with zero attached hydrogens (tertiary/aromatic N) is 2. The van der Waals surface area contributed by atoms with Crippen molar-refractivity contribution in [2.45, 2.75) is 58.8 Å². The first-order chi connectivity index (χ1) is 14.6. The van der Waals surface area contributed by atoms with Gasteiger partial charge in [-0.25, -0.2) is 4.79 Å². The van der Waals surface area contributed by atoms with E-state index in [1.54, 1.807) is 7.05 Å². The number of aliphatic imine (C=N–C) groups is 1. The number of rotatable bonds is 7. The molecule has 0 radical (unpaired) electrons. The smallest absolute Gasteiger partial charge is 0.408 e. The molecule has 1 fully saturated rings. The topological polar surface area (TPSA) is 87.2 Å². The highest BCUT2D eigenvalue weighted by Crippen LogP contribution is 2.11. The van der Waals surface area contributed by atoms with Gasteiger partial charge in [-0.1, -0.05) is 24.3 Å². The van der Waals surface area contributed by atoms with Crippen LogP contribution in [0.5, 0.6) is 0 Å². The first-order valence-electron chi connectivity index (χ1n) is 10.9. The third-order valence-electron chi connectivity index (χ3n) is 4.72. The van der Waals surface area contributed by atoms with Gasteiger partial charge in [-0.15, -0.1) is 0 Å². The number of hydrogen-bond acceptors (Lipinski definition) is 5. The molecular weight excluding hydrogens is 394 g/mol. The van der Waals surface area contributed by atoms with Crippen LogP contribution in [0.4, 0.5) is 4.79 Å². The Balaban J connectivity index is 1.81. The van der Waals surface area contributed by atoms with E-state index >= 15 is 0 Å². The fraction of sp³-hybridized carbons (Fsp3) is 0.652. The number of carbonyl (C=O) groups excluding carboxylic acids is 1. The van der Waals surface area contributed by atoms with E-state index in [1.165, 1.54) is 11.1 Å². The fourth-order valence-corrected chi connectivity index (χ4v) is 3.19. The molecule has 0 aliphatic carbocycles. The highest BCUT2D eigenvalue weighted by atomic mass is 16.6. The maximum Gasteiger partial charge on any atom is 0.408 e. The zero-order chi connectivity index (χ0) is 22.9. The number of ether oxygens (including phenoxy) is 2. The molecule has 8 nitrogen and oxygen atoms in total. The third-order valence-corrected chi connectivity index (χ3v) is 4.72. The first kappa shape index (κ1) is 24.9. The Morgan fingerprint density at radius 3 is 2.45 bits per heavy atom. The molecule has 1 aliphatic heterocycles. The lowest BCUT2D eigenvalue weighted by molar-refractivity contribution is 0.0342. The van der Waals surface area contributed by atoms with Gasteiger partial charge in [0.15, 0.2) is 5.96 Å². The van der Waals surface area contributed by atoms with Gasteiger partial charge in [0.2, 0.25) is 0 Å². The predicted molar refractivity (Wildman–Crippen MR) is 124 cm³/mol. The van der Waals surface area contributed by atoms with Crippen LogP contribution in [-0.4, -0.2) is 68.0 Å². The van der Waals surface area contributed by atoms with Gasteiger partial charge in [-0.2, -0.15) is 0 Å². The lowest BCUT2D eigenvalue weighted by atomic mass is 10.1. The third kappa shape index (κ3) is 10.0. The summed E-state index contributed by atoms with van der Waals surface area (Å²) in [6.45, 7) is 15.1. The summed E-state index contributed by atoms with van der Waals surface area (Å²) < 4.78 is 10.8. The molecule has 3 N–H and O–H groups in total. The largest absolute Gasteiger partial charge is 0.444 e. The van der Waals surface area contributed by atoms with Crippen molar-refractivity contribution in [3.8, 4) is 0 Å².